The summed E-state index contributed by atoms with van der Waals surface area (Å²) in [5.74, 6) is 0.0778. The standard InChI is InChI=1S/C19H21BrCl2N2O4S.C2H6/c20-15-4-5-18-14(11-15)12-28-19(25)24(18)17-6-9-23(10-7-17)29(26,27)13-16(22)3-1-2-8-21;1-2/h1-5,11,17H,6-10,12-13H2;1-2H3/b2-1-,16-3+;. The average Bonchev–Trinajstić information content (AvgIpc) is 2.75. The molecule has 0 saturated carbocycles. The fraction of sp³-hybridized carbons (Fsp3) is 0.476. The molecular formula is C21H27BrCl2N2O4S. The molecule has 2 aliphatic heterocycles. The summed E-state index contributed by atoms with van der Waals surface area (Å²) in [7, 11) is -3.53. The summed E-state index contributed by atoms with van der Waals surface area (Å²) >= 11 is 15.0. The molecule has 1 fully saturated rings. The molecule has 6 nitrogen and oxygen atoms in total. The second-order valence-electron chi connectivity index (χ2n) is 6.78. The first-order valence-corrected chi connectivity index (χ1v) is 13.4. The lowest BCUT2D eigenvalue weighted by molar-refractivity contribution is 0.136. The van der Waals surface area contributed by atoms with Crippen LogP contribution in [-0.2, 0) is 21.4 Å². The van der Waals surface area contributed by atoms with Crippen LogP contribution in [0.15, 0.2) is 45.9 Å². The van der Waals surface area contributed by atoms with E-state index in [2.05, 4.69) is 15.9 Å². The van der Waals surface area contributed by atoms with Crippen molar-refractivity contribution in [1.82, 2.24) is 4.31 Å². The number of hydrogen-bond donors (Lipinski definition) is 0. The first-order valence-electron chi connectivity index (χ1n) is 10.1. The number of carbonyl (C=O) groups excluding carboxylic acids is 1. The van der Waals surface area contributed by atoms with Gasteiger partial charge in [0.05, 0.1) is 5.69 Å². The van der Waals surface area contributed by atoms with Gasteiger partial charge in [0.2, 0.25) is 10.0 Å². The summed E-state index contributed by atoms with van der Waals surface area (Å²) in [5, 5.41) is 0.229. The summed E-state index contributed by atoms with van der Waals surface area (Å²) in [6.07, 6.45) is 5.50. The van der Waals surface area contributed by atoms with E-state index in [0.717, 1.165) is 15.7 Å². The fourth-order valence-electron chi connectivity index (χ4n) is 3.47. The number of ether oxygens (including phenoxy) is 1. The molecule has 0 N–H and O–H groups in total. The van der Waals surface area contributed by atoms with Crippen molar-refractivity contribution in [2.75, 3.05) is 29.6 Å². The molecule has 0 unspecified atom stereocenters. The van der Waals surface area contributed by atoms with Crippen LogP contribution in [0.1, 0.15) is 32.3 Å². The number of nitrogens with zero attached hydrogens (tertiary/aromatic N) is 2. The molecule has 0 atom stereocenters. The van der Waals surface area contributed by atoms with Crippen LogP contribution in [0.2, 0.25) is 0 Å². The van der Waals surface area contributed by atoms with Crippen molar-refractivity contribution >= 4 is 60.9 Å². The number of allylic oxidation sites excluding steroid dienone is 3. The third-order valence-corrected chi connectivity index (χ3v) is 7.77. The van der Waals surface area contributed by atoms with Crippen LogP contribution >= 0.6 is 39.1 Å². The number of anilines is 1. The van der Waals surface area contributed by atoms with Crippen LogP contribution in [0.3, 0.4) is 0 Å². The van der Waals surface area contributed by atoms with Gasteiger partial charge in [-0.3, -0.25) is 4.90 Å². The lowest BCUT2D eigenvalue weighted by Gasteiger charge is -2.39. The Morgan fingerprint density at radius 2 is 1.97 bits per heavy atom. The van der Waals surface area contributed by atoms with E-state index in [1.54, 1.807) is 17.1 Å². The number of fused-ring (bicyclic) bond motifs is 1. The Hall–Kier alpha value is -1.06. The van der Waals surface area contributed by atoms with Crippen molar-refractivity contribution in [2.45, 2.75) is 39.3 Å². The first-order chi connectivity index (χ1) is 14.8. The molecule has 10 heteroatoms. The van der Waals surface area contributed by atoms with Gasteiger partial charge in [-0.25, -0.2) is 17.5 Å². The zero-order chi connectivity index (χ0) is 23.0. The molecule has 2 aliphatic rings. The zero-order valence-corrected chi connectivity index (χ0v) is 21.5. The van der Waals surface area contributed by atoms with Gasteiger partial charge in [-0.1, -0.05) is 53.5 Å². The molecule has 1 amide bonds. The summed E-state index contributed by atoms with van der Waals surface area (Å²) in [5.41, 5.74) is 1.75. The Morgan fingerprint density at radius 1 is 1.29 bits per heavy atom. The molecule has 0 aliphatic carbocycles. The number of piperidine rings is 1. The molecule has 0 aromatic heterocycles. The molecule has 2 heterocycles. The van der Waals surface area contributed by atoms with E-state index in [0.29, 0.717) is 31.8 Å². The molecule has 31 heavy (non-hydrogen) atoms. The number of alkyl halides is 1. The highest BCUT2D eigenvalue weighted by molar-refractivity contribution is 9.10. The van der Waals surface area contributed by atoms with Gasteiger partial charge in [-0.15, -0.1) is 11.6 Å². The normalized spacial score (nSPS) is 18.4. The summed E-state index contributed by atoms with van der Waals surface area (Å²) < 4.78 is 33.0. The van der Waals surface area contributed by atoms with Gasteiger partial charge in [0.1, 0.15) is 12.4 Å². The topological polar surface area (TPSA) is 66.9 Å². The number of hydrogen-bond acceptors (Lipinski definition) is 4. The van der Waals surface area contributed by atoms with Gasteiger partial charge in [0.15, 0.2) is 0 Å². The monoisotopic (exact) mass is 552 g/mol. The molecule has 1 saturated heterocycles. The largest absolute Gasteiger partial charge is 0.444 e. The smallest absolute Gasteiger partial charge is 0.414 e. The van der Waals surface area contributed by atoms with Gasteiger partial charge in [0, 0.05) is 40.1 Å². The first kappa shape index (κ1) is 26.2. The van der Waals surface area contributed by atoms with E-state index in [9.17, 15) is 13.2 Å². The minimum absolute atomic E-state index is 0.119. The molecule has 0 radical (unpaired) electrons. The molecule has 0 spiro atoms. The van der Waals surface area contributed by atoms with Crippen LogP contribution in [0, 0.1) is 0 Å². The second-order valence-corrected chi connectivity index (χ2v) is 10.5. The highest BCUT2D eigenvalue weighted by Crippen LogP contribution is 2.34. The van der Waals surface area contributed by atoms with E-state index in [-0.39, 0.29) is 23.4 Å². The van der Waals surface area contributed by atoms with Crippen LogP contribution in [0.4, 0.5) is 10.5 Å². The Bertz CT molecular complexity index is 929. The van der Waals surface area contributed by atoms with Gasteiger partial charge < -0.3 is 4.74 Å². The van der Waals surface area contributed by atoms with E-state index >= 15 is 0 Å². The van der Waals surface area contributed by atoms with Crippen molar-refractivity contribution in [3.8, 4) is 0 Å². The highest BCUT2D eigenvalue weighted by atomic mass is 79.9. The SMILES string of the molecule is CC.O=C1OCc2cc(Br)ccc2N1C1CCN(S(=O)(=O)C/C(Cl)=C\C=C/CCl)CC1. The maximum atomic E-state index is 12.7. The van der Waals surface area contributed by atoms with Crippen molar-refractivity contribution < 1.29 is 17.9 Å². The molecule has 1 aromatic carbocycles. The number of sulfonamides is 1. The predicted octanol–water partition coefficient (Wildman–Crippen LogP) is 5.64. The van der Waals surface area contributed by atoms with Crippen molar-refractivity contribution in [3.05, 3.63) is 51.5 Å². The van der Waals surface area contributed by atoms with Crippen molar-refractivity contribution in [3.63, 3.8) is 0 Å². The zero-order valence-electron chi connectivity index (χ0n) is 17.6. The molecule has 172 valence electrons. The quantitative estimate of drug-likeness (QED) is 0.337. The maximum Gasteiger partial charge on any atom is 0.414 e. The summed E-state index contributed by atoms with van der Waals surface area (Å²) in [6, 6.07) is 5.59. The third-order valence-electron chi connectivity index (χ3n) is 4.85. The van der Waals surface area contributed by atoms with Crippen LogP contribution < -0.4 is 4.90 Å². The summed E-state index contributed by atoms with van der Waals surface area (Å²) in [6.45, 7) is 4.88. The number of halogens is 3. The number of cyclic esters (lactones) is 1. The van der Waals surface area contributed by atoms with E-state index in [1.807, 2.05) is 32.0 Å². The van der Waals surface area contributed by atoms with E-state index in [4.69, 9.17) is 27.9 Å². The third kappa shape index (κ3) is 6.96. The Balaban J connectivity index is 0.00000166. The Morgan fingerprint density at radius 3 is 2.61 bits per heavy atom. The average molecular weight is 554 g/mol. The van der Waals surface area contributed by atoms with Gasteiger partial charge in [-0.2, -0.15) is 0 Å². The van der Waals surface area contributed by atoms with Crippen LogP contribution in [0.5, 0.6) is 0 Å². The van der Waals surface area contributed by atoms with E-state index < -0.39 is 16.1 Å². The molecule has 1 aromatic rings. The van der Waals surface area contributed by atoms with Crippen molar-refractivity contribution in [2.24, 2.45) is 0 Å². The maximum absolute atomic E-state index is 12.7. The predicted molar refractivity (Wildman–Crippen MR) is 130 cm³/mol. The molecular weight excluding hydrogens is 527 g/mol. The summed E-state index contributed by atoms with van der Waals surface area (Å²) in [4.78, 5) is 14.1. The molecule has 3 rings (SSSR count). The number of benzene rings is 1. The van der Waals surface area contributed by atoms with Crippen LogP contribution in [-0.4, -0.2) is 49.6 Å². The lowest BCUT2D eigenvalue weighted by atomic mass is 10.0. The van der Waals surface area contributed by atoms with Gasteiger partial charge in [-0.05, 0) is 37.1 Å². The molecule has 0 bridgehead atoms. The minimum Gasteiger partial charge on any atom is -0.444 e. The number of carbonyl (C=O) groups is 1. The highest BCUT2D eigenvalue weighted by Gasteiger charge is 2.36. The number of rotatable bonds is 6. The lowest BCUT2D eigenvalue weighted by Crippen LogP contribution is -2.50. The van der Waals surface area contributed by atoms with Crippen LogP contribution in [0.25, 0.3) is 0 Å². The van der Waals surface area contributed by atoms with Crippen molar-refractivity contribution in [1.29, 1.82) is 0 Å². The Labute approximate surface area is 203 Å². The second kappa shape index (κ2) is 12.3. The Kier molecular flexibility index (Phi) is 10.4. The van der Waals surface area contributed by atoms with E-state index in [1.165, 1.54) is 10.4 Å². The van der Waals surface area contributed by atoms with Gasteiger partial charge >= 0.3 is 6.09 Å². The van der Waals surface area contributed by atoms with Gasteiger partial charge in [0.25, 0.3) is 0 Å². The minimum atomic E-state index is -3.53. The number of amides is 1. The fourth-order valence-corrected chi connectivity index (χ4v) is 5.87.